The van der Waals surface area contributed by atoms with Gasteiger partial charge in [0.1, 0.15) is 0 Å². The van der Waals surface area contributed by atoms with Gasteiger partial charge in [-0.1, -0.05) is 12.8 Å². The van der Waals surface area contributed by atoms with Crippen molar-refractivity contribution in [2.45, 2.75) is 70.4 Å². The first-order valence-corrected chi connectivity index (χ1v) is 7.21. The van der Waals surface area contributed by atoms with E-state index in [4.69, 9.17) is 4.74 Å². The first kappa shape index (κ1) is 12.4. The van der Waals surface area contributed by atoms with Crippen molar-refractivity contribution in [1.29, 1.82) is 0 Å². The van der Waals surface area contributed by atoms with Crippen molar-refractivity contribution in [2.75, 3.05) is 13.2 Å². The minimum Gasteiger partial charge on any atom is -0.378 e. The zero-order valence-corrected chi connectivity index (χ0v) is 10.7. The van der Waals surface area contributed by atoms with Crippen molar-refractivity contribution in [1.82, 2.24) is 5.32 Å². The van der Waals surface area contributed by atoms with Crippen LogP contribution in [-0.4, -0.2) is 25.3 Å². The van der Waals surface area contributed by atoms with Crippen LogP contribution >= 0.6 is 0 Å². The Kier molecular flexibility index (Phi) is 5.11. The average Bonchev–Trinajstić information content (AvgIpc) is 2.96. The number of nitrogens with one attached hydrogen (secondary N) is 1. The molecular formula is C14H27NO. The number of hydrogen-bond donors (Lipinski definition) is 1. The van der Waals surface area contributed by atoms with Crippen LogP contribution < -0.4 is 5.32 Å². The molecule has 1 saturated heterocycles. The molecule has 2 atom stereocenters. The highest BCUT2D eigenvalue weighted by molar-refractivity contribution is 4.77. The standard InChI is InChI=1S/C14H27NO/c1-12(13-6-2-3-7-13)15-10-4-8-14-9-5-11-16-14/h12-15H,2-11H2,1H3/t12-,14?/m1/s1. The van der Waals surface area contributed by atoms with Gasteiger partial charge >= 0.3 is 0 Å². The third-order valence-electron chi connectivity index (χ3n) is 4.30. The first-order valence-electron chi connectivity index (χ1n) is 7.21. The quantitative estimate of drug-likeness (QED) is 0.701. The summed E-state index contributed by atoms with van der Waals surface area (Å²) in [4.78, 5) is 0. The van der Waals surface area contributed by atoms with E-state index in [0.29, 0.717) is 6.10 Å². The van der Waals surface area contributed by atoms with E-state index in [9.17, 15) is 0 Å². The minimum atomic E-state index is 0.573. The van der Waals surface area contributed by atoms with Gasteiger partial charge in [-0.15, -0.1) is 0 Å². The SMILES string of the molecule is C[C@@H](NCCCC1CCCO1)C1CCCC1. The average molecular weight is 225 g/mol. The molecule has 0 amide bonds. The van der Waals surface area contributed by atoms with E-state index in [1.165, 1.54) is 57.9 Å². The fraction of sp³-hybridized carbons (Fsp3) is 1.00. The lowest BCUT2D eigenvalue weighted by molar-refractivity contribution is 0.102. The molecule has 2 aliphatic rings. The van der Waals surface area contributed by atoms with Gasteiger partial charge < -0.3 is 10.1 Å². The lowest BCUT2D eigenvalue weighted by Gasteiger charge is -2.20. The van der Waals surface area contributed by atoms with E-state index in [-0.39, 0.29) is 0 Å². The van der Waals surface area contributed by atoms with Gasteiger partial charge in [0.2, 0.25) is 0 Å². The Balaban J connectivity index is 1.50. The molecule has 1 saturated carbocycles. The van der Waals surface area contributed by atoms with Crippen molar-refractivity contribution in [3.8, 4) is 0 Å². The Morgan fingerprint density at radius 2 is 2.00 bits per heavy atom. The zero-order chi connectivity index (χ0) is 11.2. The molecule has 0 aromatic heterocycles. The van der Waals surface area contributed by atoms with Gasteiger partial charge in [-0.3, -0.25) is 0 Å². The van der Waals surface area contributed by atoms with Crippen molar-refractivity contribution in [3.05, 3.63) is 0 Å². The lowest BCUT2D eigenvalue weighted by Crippen LogP contribution is -2.33. The van der Waals surface area contributed by atoms with Gasteiger partial charge in [0.05, 0.1) is 6.10 Å². The molecular weight excluding hydrogens is 198 g/mol. The third-order valence-corrected chi connectivity index (χ3v) is 4.30. The summed E-state index contributed by atoms with van der Waals surface area (Å²) in [5.41, 5.74) is 0. The van der Waals surface area contributed by atoms with Crippen molar-refractivity contribution >= 4 is 0 Å². The summed E-state index contributed by atoms with van der Waals surface area (Å²) in [6, 6.07) is 0.729. The van der Waals surface area contributed by atoms with Crippen LogP contribution in [0.4, 0.5) is 0 Å². The van der Waals surface area contributed by atoms with Crippen LogP contribution in [0, 0.1) is 5.92 Å². The monoisotopic (exact) mass is 225 g/mol. The lowest BCUT2D eigenvalue weighted by atomic mass is 9.99. The molecule has 1 aliphatic heterocycles. The van der Waals surface area contributed by atoms with Crippen LogP contribution in [-0.2, 0) is 4.74 Å². The summed E-state index contributed by atoms with van der Waals surface area (Å²) in [7, 11) is 0. The Labute approximate surface area is 100 Å². The van der Waals surface area contributed by atoms with Crippen LogP contribution in [0.15, 0.2) is 0 Å². The molecule has 94 valence electrons. The predicted molar refractivity (Wildman–Crippen MR) is 67.6 cm³/mol. The molecule has 1 unspecified atom stereocenters. The highest BCUT2D eigenvalue weighted by Gasteiger charge is 2.21. The maximum atomic E-state index is 5.63. The van der Waals surface area contributed by atoms with Crippen LogP contribution in [0.2, 0.25) is 0 Å². The summed E-state index contributed by atoms with van der Waals surface area (Å²) in [5, 5.41) is 3.69. The fourth-order valence-corrected chi connectivity index (χ4v) is 3.16. The largest absolute Gasteiger partial charge is 0.378 e. The predicted octanol–water partition coefficient (Wildman–Crippen LogP) is 3.11. The molecule has 2 nitrogen and oxygen atoms in total. The van der Waals surface area contributed by atoms with E-state index in [1.807, 2.05) is 0 Å². The molecule has 2 heteroatoms. The van der Waals surface area contributed by atoms with Gasteiger partial charge in [-0.25, -0.2) is 0 Å². The topological polar surface area (TPSA) is 21.3 Å². The number of hydrogen-bond acceptors (Lipinski definition) is 2. The number of rotatable bonds is 6. The Morgan fingerprint density at radius 1 is 1.19 bits per heavy atom. The summed E-state index contributed by atoms with van der Waals surface area (Å²) in [5.74, 6) is 0.947. The molecule has 16 heavy (non-hydrogen) atoms. The van der Waals surface area contributed by atoms with E-state index in [1.54, 1.807) is 0 Å². The smallest absolute Gasteiger partial charge is 0.0576 e. The van der Waals surface area contributed by atoms with E-state index in [0.717, 1.165) is 18.6 Å². The van der Waals surface area contributed by atoms with Crippen LogP contribution in [0.3, 0.4) is 0 Å². The summed E-state index contributed by atoms with van der Waals surface area (Å²) < 4.78 is 5.63. The molecule has 0 spiro atoms. The Bertz CT molecular complexity index is 183. The maximum Gasteiger partial charge on any atom is 0.0576 e. The highest BCUT2D eigenvalue weighted by Crippen LogP contribution is 2.27. The maximum absolute atomic E-state index is 5.63. The van der Waals surface area contributed by atoms with E-state index >= 15 is 0 Å². The first-order chi connectivity index (χ1) is 7.86. The molecule has 0 aromatic carbocycles. The van der Waals surface area contributed by atoms with E-state index in [2.05, 4.69) is 12.2 Å². The third kappa shape index (κ3) is 3.74. The molecule has 1 heterocycles. The van der Waals surface area contributed by atoms with Crippen molar-refractivity contribution in [3.63, 3.8) is 0 Å². The van der Waals surface area contributed by atoms with Gasteiger partial charge in [0.25, 0.3) is 0 Å². The van der Waals surface area contributed by atoms with Crippen LogP contribution in [0.1, 0.15) is 58.3 Å². The molecule has 1 N–H and O–H groups in total. The summed E-state index contributed by atoms with van der Waals surface area (Å²) in [6.45, 7) is 4.54. The Hall–Kier alpha value is -0.0800. The summed E-state index contributed by atoms with van der Waals surface area (Å²) >= 11 is 0. The minimum absolute atomic E-state index is 0.573. The normalized spacial score (nSPS) is 28.7. The molecule has 2 rings (SSSR count). The van der Waals surface area contributed by atoms with Crippen LogP contribution in [0.5, 0.6) is 0 Å². The van der Waals surface area contributed by atoms with E-state index < -0.39 is 0 Å². The second-order valence-corrected chi connectivity index (χ2v) is 5.56. The number of ether oxygens (including phenoxy) is 1. The Morgan fingerprint density at radius 3 is 2.69 bits per heavy atom. The molecule has 2 fully saturated rings. The van der Waals surface area contributed by atoms with Crippen molar-refractivity contribution in [2.24, 2.45) is 5.92 Å². The highest BCUT2D eigenvalue weighted by atomic mass is 16.5. The van der Waals surface area contributed by atoms with Gasteiger partial charge in [0, 0.05) is 12.6 Å². The fourth-order valence-electron chi connectivity index (χ4n) is 3.16. The second kappa shape index (κ2) is 6.61. The van der Waals surface area contributed by atoms with Gasteiger partial charge in [0.15, 0.2) is 0 Å². The van der Waals surface area contributed by atoms with Crippen LogP contribution in [0.25, 0.3) is 0 Å². The molecule has 0 aromatic rings. The summed E-state index contributed by atoms with van der Waals surface area (Å²) in [6.07, 6.45) is 11.5. The molecule has 1 aliphatic carbocycles. The molecule has 0 bridgehead atoms. The molecule has 0 radical (unpaired) electrons. The van der Waals surface area contributed by atoms with Crippen molar-refractivity contribution < 1.29 is 4.74 Å². The zero-order valence-electron chi connectivity index (χ0n) is 10.7. The second-order valence-electron chi connectivity index (χ2n) is 5.56. The van der Waals surface area contributed by atoms with Gasteiger partial charge in [-0.05, 0) is 57.9 Å². The van der Waals surface area contributed by atoms with Gasteiger partial charge in [-0.2, -0.15) is 0 Å².